The first kappa shape index (κ1) is 11.5. The SMILES string of the molecule is Cc1nc(-c2cccc(Cl)c2F)sc1CN. The normalized spacial score (nSPS) is 10.8. The molecule has 2 N–H and O–H groups in total. The third-order valence-corrected chi connectivity index (χ3v) is 3.76. The minimum Gasteiger partial charge on any atom is -0.326 e. The Morgan fingerprint density at radius 3 is 2.88 bits per heavy atom. The van der Waals surface area contributed by atoms with Crippen LogP contribution in [-0.4, -0.2) is 4.98 Å². The largest absolute Gasteiger partial charge is 0.326 e. The lowest BCUT2D eigenvalue weighted by Gasteiger charge is -1.99. The summed E-state index contributed by atoms with van der Waals surface area (Å²) in [4.78, 5) is 5.26. The van der Waals surface area contributed by atoms with Gasteiger partial charge in [0.25, 0.3) is 0 Å². The number of hydrogen-bond donors (Lipinski definition) is 1. The monoisotopic (exact) mass is 256 g/mol. The van der Waals surface area contributed by atoms with Crippen molar-refractivity contribution in [3.63, 3.8) is 0 Å². The highest BCUT2D eigenvalue weighted by Gasteiger charge is 2.13. The number of hydrogen-bond acceptors (Lipinski definition) is 3. The Balaban J connectivity index is 2.54. The molecule has 0 aliphatic heterocycles. The van der Waals surface area contributed by atoms with Gasteiger partial charge in [0.1, 0.15) is 5.01 Å². The van der Waals surface area contributed by atoms with Crippen LogP contribution in [0.15, 0.2) is 18.2 Å². The summed E-state index contributed by atoms with van der Waals surface area (Å²) in [6.07, 6.45) is 0. The molecular weight excluding hydrogens is 247 g/mol. The summed E-state index contributed by atoms with van der Waals surface area (Å²) >= 11 is 7.12. The Morgan fingerprint density at radius 2 is 2.25 bits per heavy atom. The minimum atomic E-state index is -0.429. The summed E-state index contributed by atoms with van der Waals surface area (Å²) in [5.74, 6) is -0.429. The summed E-state index contributed by atoms with van der Waals surface area (Å²) in [5, 5.41) is 0.734. The van der Waals surface area contributed by atoms with Gasteiger partial charge in [-0.2, -0.15) is 0 Å². The van der Waals surface area contributed by atoms with Gasteiger partial charge in [0, 0.05) is 17.0 Å². The van der Waals surface area contributed by atoms with Crippen molar-refractivity contribution in [3.05, 3.63) is 39.6 Å². The third-order valence-electron chi connectivity index (χ3n) is 2.26. The van der Waals surface area contributed by atoms with E-state index in [1.165, 1.54) is 17.4 Å². The molecule has 84 valence electrons. The Hall–Kier alpha value is -0.970. The highest BCUT2D eigenvalue weighted by atomic mass is 35.5. The standard InChI is InChI=1S/C11H10ClFN2S/c1-6-9(5-14)16-11(15-6)7-3-2-4-8(12)10(7)13/h2-4H,5,14H2,1H3. The van der Waals surface area contributed by atoms with Crippen LogP contribution in [0, 0.1) is 12.7 Å². The first-order chi connectivity index (χ1) is 7.63. The molecule has 2 rings (SSSR count). The summed E-state index contributed by atoms with van der Waals surface area (Å²) in [6, 6.07) is 4.89. The molecule has 0 saturated heterocycles. The van der Waals surface area contributed by atoms with Crippen LogP contribution in [-0.2, 0) is 6.54 Å². The van der Waals surface area contributed by atoms with E-state index in [-0.39, 0.29) is 5.02 Å². The van der Waals surface area contributed by atoms with E-state index in [1.807, 2.05) is 6.92 Å². The van der Waals surface area contributed by atoms with Gasteiger partial charge in [0.05, 0.1) is 10.7 Å². The molecule has 0 atom stereocenters. The van der Waals surface area contributed by atoms with Crippen molar-refractivity contribution >= 4 is 22.9 Å². The molecule has 2 aromatic rings. The number of benzene rings is 1. The smallest absolute Gasteiger partial charge is 0.152 e. The van der Waals surface area contributed by atoms with E-state index in [2.05, 4.69) is 4.98 Å². The van der Waals surface area contributed by atoms with Crippen molar-refractivity contribution in [2.45, 2.75) is 13.5 Å². The zero-order valence-electron chi connectivity index (χ0n) is 8.63. The average molecular weight is 257 g/mol. The molecule has 0 bridgehead atoms. The Kier molecular flexibility index (Phi) is 3.23. The van der Waals surface area contributed by atoms with Gasteiger partial charge in [0.2, 0.25) is 0 Å². The zero-order valence-corrected chi connectivity index (χ0v) is 10.2. The number of aryl methyl sites for hydroxylation is 1. The van der Waals surface area contributed by atoms with Gasteiger partial charge in [-0.1, -0.05) is 17.7 Å². The molecule has 1 aromatic heterocycles. The van der Waals surface area contributed by atoms with Gasteiger partial charge in [0.15, 0.2) is 5.82 Å². The number of thiazole rings is 1. The first-order valence-electron chi connectivity index (χ1n) is 4.74. The van der Waals surface area contributed by atoms with Crippen molar-refractivity contribution in [1.82, 2.24) is 4.98 Å². The number of nitrogens with zero attached hydrogens (tertiary/aromatic N) is 1. The van der Waals surface area contributed by atoms with Crippen molar-refractivity contribution in [1.29, 1.82) is 0 Å². The van der Waals surface area contributed by atoms with Crippen molar-refractivity contribution in [3.8, 4) is 10.6 Å². The van der Waals surface area contributed by atoms with Crippen molar-refractivity contribution in [2.24, 2.45) is 5.73 Å². The van der Waals surface area contributed by atoms with Crippen LogP contribution in [0.1, 0.15) is 10.6 Å². The molecule has 1 heterocycles. The second-order valence-electron chi connectivity index (χ2n) is 3.33. The highest BCUT2D eigenvalue weighted by molar-refractivity contribution is 7.15. The van der Waals surface area contributed by atoms with Gasteiger partial charge < -0.3 is 5.73 Å². The van der Waals surface area contributed by atoms with Gasteiger partial charge >= 0.3 is 0 Å². The lowest BCUT2D eigenvalue weighted by molar-refractivity contribution is 0.631. The molecule has 1 aromatic carbocycles. The minimum absolute atomic E-state index is 0.111. The summed E-state index contributed by atoms with van der Waals surface area (Å²) < 4.78 is 13.7. The summed E-state index contributed by atoms with van der Waals surface area (Å²) in [6.45, 7) is 2.29. The maximum Gasteiger partial charge on any atom is 0.152 e. The van der Waals surface area contributed by atoms with Gasteiger partial charge in [-0.15, -0.1) is 11.3 Å². The highest BCUT2D eigenvalue weighted by Crippen LogP contribution is 2.32. The lowest BCUT2D eigenvalue weighted by atomic mass is 10.2. The number of nitrogens with two attached hydrogens (primary N) is 1. The summed E-state index contributed by atoms with van der Waals surface area (Å²) in [5.41, 5.74) is 6.84. The molecule has 0 unspecified atom stereocenters. The fraction of sp³-hybridized carbons (Fsp3) is 0.182. The van der Waals surface area contributed by atoms with E-state index in [4.69, 9.17) is 17.3 Å². The topological polar surface area (TPSA) is 38.9 Å². The Labute approximate surface area is 102 Å². The van der Waals surface area contributed by atoms with Crippen LogP contribution in [0.5, 0.6) is 0 Å². The third kappa shape index (κ3) is 1.96. The molecule has 0 saturated carbocycles. The van der Waals surface area contributed by atoms with Gasteiger partial charge in [-0.05, 0) is 19.1 Å². The van der Waals surface area contributed by atoms with Crippen LogP contribution in [0.25, 0.3) is 10.6 Å². The predicted molar refractivity (Wildman–Crippen MR) is 65.1 cm³/mol. The molecule has 2 nitrogen and oxygen atoms in total. The molecule has 0 spiro atoms. The van der Waals surface area contributed by atoms with Crippen LogP contribution in [0.2, 0.25) is 5.02 Å². The quantitative estimate of drug-likeness (QED) is 0.895. The van der Waals surface area contributed by atoms with Crippen LogP contribution >= 0.6 is 22.9 Å². The van der Waals surface area contributed by atoms with Gasteiger partial charge in [-0.3, -0.25) is 0 Å². The van der Waals surface area contributed by atoms with E-state index >= 15 is 0 Å². The van der Waals surface area contributed by atoms with E-state index in [1.54, 1.807) is 12.1 Å². The molecular formula is C11H10ClFN2S. The van der Waals surface area contributed by atoms with E-state index in [0.29, 0.717) is 17.1 Å². The maximum atomic E-state index is 13.7. The van der Waals surface area contributed by atoms with E-state index in [9.17, 15) is 4.39 Å². The fourth-order valence-electron chi connectivity index (χ4n) is 1.40. The lowest BCUT2D eigenvalue weighted by Crippen LogP contribution is -1.94. The molecule has 0 amide bonds. The van der Waals surface area contributed by atoms with Crippen molar-refractivity contribution in [2.75, 3.05) is 0 Å². The molecule has 5 heteroatoms. The van der Waals surface area contributed by atoms with Crippen LogP contribution in [0.3, 0.4) is 0 Å². The molecule has 0 radical (unpaired) electrons. The van der Waals surface area contributed by atoms with Gasteiger partial charge in [-0.25, -0.2) is 9.37 Å². The number of aromatic nitrogens is 1. The van der Waals surface area contributed by atoms with E-state index in [0.717, 1.165) is 10.6 Å². The van der Waals surface area contributed by atoms with Crippen LogP contribution in [0.4, 0.5) is 4.39 Å². The van der Waals surface area contributed by atoms with E-state index < -0.39 is 5.82 Å². The zero-order chi connectivity index (χ0) is 11.7. The maximum absolute atomic E-state index is 13.7. The molecule has 0 aliphatic carbocycles. The summed E-state index contributed by atoms with van der Waals surface area (Å²) in [7, 11) is 0. The average Bonchev–Trinajstić information content (AvgIpc) is 2.63. The number of rotatable bonds is 2. The Morgan fingerprint density at radius 1 is 1.50 bits per heavy atom. The second-order valence-corrected chi connectivity index (χ2v) is 4.82. The molecule has 0 fully saturated rings. The first-order valence-corrected chi connectivity index (χ1v) is 5.93. The van der Waals surface area contributed by atoms with Crippen molar-refractivity contribution < 1.29 is 4.39 Å². The molecule has 16 heavy (non-hydrogen) atoms. The number of halogens is 2. The predicted octanol–water partition coefficient (Wildman–Crippen LogP) is 3.37. The fourth-order valence-corrected chi connectivity index (χ4v) is 2.54. The van der Waals surface area contributed by atoms with Crippen LogP contribution < -0.4 is 5.73 Å². The molecule has 0 aliphatic rings. The second kappa shape index (κ2) is 4.49. The Bertz CT molecular complexity index is 525.